The van der Waals surface area contributed by atoms with Crippen molar-refractivity contribution in [2.75, 3.05) is 18.4 Å². The van der Waals surface area contributed by atoms with Crippen LogP contribution in [0.1, 0.15) is 18.9 Å². The van der Waals surface area contributed by atoms with Crippen molar-refractivity contribution < 1.29 is 0 Å². The lowest BCUT2D eigenvalue weighted by Gasteiger charge is -2.13. The van der Waals surface area contributed by atoms with Crippen LogP contribution < -0.4 is 11.1 Å². The molecule has 0 saturated carbocycles. The summed E-state index contributed by atoms with van der Waals surface area (Å²) >= 11 is 0. The molecule has 0 aliphatic heterocycles. The Labute approximate surface area is 101 Å². The lowest BCUT2D eigenvalue weighted by Crippen LogP contribution is -2.16. The molecule has 0 amide bonds. The molecule has 1 unspecified atom stereocenters. The average molecular weight is 233 g/mol. The molecular formula is C12H19N5. The molecule has 2 aromatic heterocycles. The van der Waals surface area contributed by atoms with Crippen molar-refractivity contribution in [3.63, 3.8) is 0 Å². The average Bonchev–Trinajstić information content (AvgIpc) is 2.74. The van der Waals surface area contributed by atoms with Crippen molar-refractivity contribution in [2.24, 2.45) is 11.7 Å². The van der Waals surface area contributed by atoms with Gasteiger partial charge in [-0.05, 0) is 43.5 Å². The molecule has 0 bridgehead atoms. The number of hydrogen-bond acceptors (Lipinski definition) is 4. The Balaban J connectivity index is 2.14. The maximum Gasteiger partial charge on any atom is 0.157 e. The molecule has 0 radical (unpaired) electrons. The number of fused-ring (bicyclic) bond motifs is 1. The third-order valence-corrected chi connectivity index (χ3v) is 2.81. The molecular weight excluding hydrogens is 214 g/mol. The predicted octanol–water partition coefficient (Wildman–Crippen LogP) is 1.43. The third kappa shape index (κ3) is 2.74. The van der Waals surface area contributed by atoms with Crippen LogP contribution in [0.15, 0.2) is 18.5 Å². The normalized spacial score (nSPS) is 12.9. The summed E-state index contributed by atoms with van der Waals surface area (Å²) in [6, 6.07) is 4.10. The van der Waals surface area contributed by atoms with Crippen LogP contribution in [0.2, 0.25) is 0 Å². The monoisotopic (exact) mass is 233 g/mol. The smallest absolute Gasteiger partial charge is 0.157 e. The fourth-order valence-electron chi connectivity index (χ4n) is 1.85. The first-order chi connectivity index (χ1) is 8.20. The van der Waals surface area contributed by atoms with E-state index in [1.807, 2.05) is 10.6 Å². The largest absolute Gasteiger partial charge is 0.370 e. The Morgan fingerprint density at radius 3 is 3.06 bits per heavy atom. The minimum Gasteiger partial charge on any atom is -0.370 e. The third-order valence-electron chi connectivity index (χ3n) is 2.81. The van der Waals surface area contributed by atoms with E-state index in [0.717, 1.165) is 31.0 Å². The van der Waals surface area contributed by atoms with E-state index in [1.54, 1.807) is 6.33 Å². The van der Waals surface area contributed by atoms with Crippen molar-refractivity contribution >= 4 is 11.5 Å². The Bertz CT molecular complexity index is 491. The van der Waals surface area contributed by atoms with E-state index in [0.29, 0.717) is 5.92 Å². The Morgan fingerprint density at radius 1 is 1.47 bits per heavy atom. The number of nitrogens with zero attached hydrogens (tertiary/aromatic N) is 3. The molecule has 0 aromatic carbocycles. The molecule has 1 atom stereocenters. The van der Waals surface area contributed by atoms with Gasteiger partial charge in [0.1, 0.15) is 12.1 Å². The van der Waals surface area contributed by atoms with Gasteiger partial charge < -0.3 is 11.1 Å². The van der Waals surface area contributed by atoms with Crippen molar-refractivity contribution in [3.05, 3.63) is 24.0 Å². The maximum atomic E-state index is 5.54. The van der Waals surface area contributed by atoms with E-state index in [9.17, 15) is 0 Å². The first kappa shape index (κ1) is 11.9. The summed E-state index contributed by atoms with van der Waals surface area (Å²) in [4.78, 5) is 4.20. The fourth-order valence-corrected chi connectivity index (χ4v) is 1.85. The summed E-state index contributed by atoms with van der Waals surface area (Å²) in [6.07, 6.45) is 2.60. The van der Waals surface area contributed by atoms with Crippen molar-refractivity contribution in [3.8, 4) is 0 Å². The highest BCUT2D eigenvalue weighted by atomic mass is 15.3. The summed E-state index contributed by atoms with van der Waals surface area (Å²) in [6.45, 7) is 5.88. The lowest BCUT2D eigenvalue weighted by molar-refractivity contribution is 0.566. The van der Waals surface area contributed by atoms with E-state index in [1.165, 1.54) is 5.56 Å². The summed E-state index contributed by atoms with van der Waals surface area (Å²) in [5.41, 5.74) is 7.60. The Kier molecular flexibility index (Phi) is 3.58. The van der Waals surface area contributed by atoms with Gasteiger partial charge in [-0.25, -0.2) is 4.98 Å². The summed E-state index contributed by atoms with van der Waals surface area (Å²) in [5.74, 6) is 1.54. The second-order valence-corrected chi connectivity index (χ2v) is 4.51. The van der Waals surface area contributed by atoms with Gasteiger partial charge >= 0.3 is 0 Å². The first-order valence-corrected chi connectivity index (χ1v) is 5.95. The second-order valence-electron chi connectivity index (χ2n) is 4.51. The van der Waals surface area contributed by atoms with Crippen LogP contribution in [0.4, 0.5) is 5.82 Å². The SMILES string of the molecule is Cc1cc(NCC(C)CCN)n2ncnc2c1. The number of nitrogens with two attached hydrogens (primary N) is 1. The molecule has 2 aromatic rings. The minimum absolute atomic E-state index is 0.555. The van der Waals surface area contributed by atoms with Crippen LogP contribution in [0.3, 0.4) is 0 Å². The van der Waals surface area contributed by atoms with E-state index >= 15 is 0 Å². The first-order valence-electron chi connectivity index (χ1n) is 5.95. The second kappa shape index (κ2) is 5.14. The fraction of sp³-hybridized carbons (Fsp3) is 0.500. The van der Waals surface area contributed by atoms with E-state index in [4.69, 9.17) is 5.73 Å². The van der Waals surface area contributed by atoms with Crippen molar-refractivity contribution in [1.82, 2.24) is 14.6 Å². The number of anilines is 1. The molecule has 2 rings (SSSR count). The molecule has 2 heterocycles. The van der Waals surface area contributed by atoms with Gasteiger partial charge in [0.2, 0.25) is 0 Å². The standard InChI is InChI=1S/C12H19N5/c1-9(3-4-13)7-14-11-5-10(2)6-12-15-8-16-17(11)12/h5-6,8-9,14H,3-4,7,13H2,1-2H3. The van der Waals surface area contributed by atoms with Crippen molar-refractivity contribution in [2.45, 2.75) is 20.3 Å². The number of rotatable bonds is 5. The minimum atomic E-state index is 0.555. The van der Waals surface area contributed by atoms with Crippen LogP contribution >= 0.6 is 0 Å². The Morgan fingerprint density at radius 2 is 2.29 bits per heavy atom. The van der Waals surface area contributed by atoms with Crippen LogP contribution in [-0.4, -0.2) is 27.7 Å². The molecule has 0 spiro atoms. The maximum absolute atomic E-state index is 5.54. The van der Waals surface area contributed by atoms with Gasteiger partial charge in [0.05, 0.1) is 0 Å². The lowest BCUT2D eigenvalue weighted by atomic mass is 10.1. The topological polar surface area (TPSA) is 68.2 Å². The highest BCUT2D eigenvalue weighted by Crippen LogP contribution is 2.14. The molecule has 0 fully saturated rings. The van der Waals surface area contributed by atoms with Gasteiger partial charge in [0.25, 0.3) is 0 Å². The Hall–Kier alpha value is -1.62. The number of pyridine rings is 1. The highest BCUT2D eigenvalue weighted by Gasteiger charge is 2.05. The quantitative estimate of drug-likeness (QED) is 0.820. The van der Waals surface area contributed by atoms with Gasteiger partial charge in [0, 0.05) is 6.54 Å². The molecule has 0 saturated heterocycles. The van der Waals surface area contributed by atoms with E-state index in [2.05, 4.69) is 35.3 Å². The predicted molar refractivity (Wildman–Crippen MR) is 69.0 cm³/mol. The van der Waals surface area contributed by atoms with Gasteiger partial charge in [-0.15, -0.1) is 0 Å². The number of hydrogen-bond donors (Lipinski definition) is 2. The van der Waals surface area contributed by atoms with E-state index in [-0.39, 0.29) is 0 Å². The van der Waals surface area contributed by atoms with Crippen LogP contribution in [-0.2, 0) is 0 Å². The molecule has 0 aliphatic rings. The number of aryl methyl sites for hydroxylation is 1. The molecule has 92 valence electrons. The van der Waals surface area contributed by atoms with Gasteiger partial charge in [-0.1, -0.05) is 6.92 Å². The van der Waals surface area contributed by atoms with E-state index < -0.39 is 0 Å². The molecule has 17 heavy (non-hydrogen) atoms. The summed E-state index contributed by atoms with van der Waals surface area (Å²) in [5, 5.41) is 7.61. The zero-order valence-electron chi connectivity index (χ0n) is 10.3. The zero-order valence-corrected chi connectivity index (χ0v) is 10.3. The summed E-state index contributed by atoms with van der Waals surface area (Å²) in [7, 11) is 0. The molecule has 3 N–H and O–H groups in total. The number of nitrogens with one attached hydrogen (secondary N) is 1. The van der Waals surface area contributed by atoms with Crippen LogP contribution in [0, 0.1) is 12.8 Å². The number of aromatic nitrogens is 3. The molecule has 5 nitrogen and oxygen atoms in total. The van der Waals surface area contributed by atoms with Gasteiger partial charge in [-0.3, -0.25) is 0 Å². The summed E-state index contributed by atoms with van der Waals surface area (Å²) < 4.78 is 1.82. The highest BCUT2D eigenvalue weighted by molar-refractivity contribution is 5.51. The van der Waals surface area contributed by atoms with Crippen molar-refractivity contribution in [1.29, 1.82) is 0 Å². The molecule has 0 aliphatic carbocycles. The van der Waals surface area contributed by atoms with Gasteiger partial charge in [-0.2, -0.15) is 9.61 Å². The zero-order chi connectivity index (χ0) is 12.3. The van der Waals surface area contributed by atoms with Crippen LogP contribution in [0.5, 0.6) is 0 Å². The van der Waals surface area contributed by atoms with Gasteiger partial charge in [0.15, 0.2) is 5.65 Å². The molecule has 5 heteroatoms. The van der Waals surface area contributed by atoms with Crippen LogP contribution in [0.25, 0.3) is 5.65 Å².